The average molecular weight is 198 g/mol. The van der Waals surface area contributed by atoms with Crippen molar-refractivity contribution in [1.82, 2.24) is 0 Å². The number of rotatable bonds is 3. The SMILES string of the molecule is C=C(C)CNc1c(N)ccc(F)c1F. The monoisotopic (exact) mass is 198 g/mol. The molecule has 0 aliphatic rings. The van der Waals surface area contributed by atoms with Crippen molar-refractivity contribution in [3.63, 3.8) is 0 Å². The first-order chi connectivity index (χ1) is 6.52. The van der Waals surface area contributed by atoms with Gasteiger partial charge in [-0.3, -0.25) is 0 Å². The zero-order chi connectivity index (χ0) is 10.7. The second kappa shape index (κ2) is 4.09. The molecule has 4 heteroatoms. The van der Waals surface area contributed by atoms with Gasteiger partial charge in [0.15, 0.2) is 11.6 Å². The maximum absolute atomic E-state index is 13.2. The molecule has 0 unspecified atom stereocenters. The summed E-state index contributed by atoms with van der Waals surface area (Å²) in [6.07, 6.45) is 0. The van der Waals surface area contributed by atoms with E-state index in [4.69, 9.17) is 5.73 Å². The second-order valence-electron chi connectivity index (χ2n) is 3.14. The summed E-state index contributed by atoms with van der Waals surface area (Å²) < 4.78 is 26.0. The third kappa shape index (κ3) is 2.22. The third-order valence-corrected chi connectivity index (χ3v) is 1.69. The highest BCUT2D eigenvalue weighted by molar-refractivity contribution is 5.67. The molecule has 1 rings (SSSR count). The lowest BCUT2D eigenvalue weighted by molar-refractivity contribution is 0.511. The molecule has 0 aliphatic heterocycles. The molecule has 0 bridgehead atoms. The zero-order valence-corrected chi connectivity index (χ0v) is 7.90. The Hall–Kier alpha value is -1.58. The summed E-state index contributed by atoms with van der Waals surface area (Å²) in [4.78, 5) is 0. The molecule has 0 heterocycles. The highest BCUT2D eigenvalue weighted by Gasteiger charge is 2.10. The van der Waals surface area contributed by atoms with Gasteiger partial charge < -0.3 is 11.1 Å². The summed E-state index contributed by atoms with van der Waals surface area (Å²) >= 11 is 0. The van der Waals surface area contributed by atoms with E-state index in [0.29, 0.717) is 6.54 Å². The van der Waals surface area contributed by atoms with E-state index in [9.17, 15) is 8.78 Å². The second-order valence-corrected chi connectivity index (χ2v) is 3.14. The summed E-state index contributed by atoms with van der Waals surface area (Å²) in [6.45, 7) is 5.78. The van der Waals surface area contributed by atoms with Crippen LogP contribution in [0.4, 0.5) is 20.2 Å². The molecular formula is C10H12F2N2. The summed E-state index contributed by atoms with van der Waals surface area (Å²) in [5.41, 5.74) is 6.47. The van der Waals surface area contributed by atoms with Crippen LogP contribution in [0.15, 0.2) is 24.3 Å². The molecule has 0 saturated carbocycles. The molecule has 2 nitrogen and oxygen atoms in total. The quantitative estimate of drug-likeness (QED) is 0.578. The molecule has 1 aromatic rings. The summed E-state index contributed by atoms with van der Waals surface area (Å²) in [5, 5.41) is 2.68. The molecule has 0 aromatic heterocycles. The van der Waals surface area contributed by atoms with Crippen LogP contribution < -0.4 is 11.1 Å². The van der Waals surface area contributed by atoms with Crippen LogP contribution in [0.2, 0.25) is 0 Å². The number of halogens is 2. The number of nitrogens with two attached hydrogens (primary N) is 1. The molecule has 1 aromatic carbocycles. The molecule has 0 aliphatic carbocycles. The molecule has 14 heavy (non-hydrogen) atoms. The van der Waals surface area contributed by atoms with Crippen molar-refractivity contribution in [3.8, 4) is 0 Å². The van der Waals surface area contributed by atoms with Crippen LogP contribution in [0.25, 0.3) is 0 Å². The Labute approximate surface area is 81.4 Å². The van der Waals surface area contributed by atoms with Crippen LogP contribution in [0.1, 0.15) is 6.92 Å². The van der Waals surface area contributed by atoms with Crippen LogP contribution in [-0.4, -0.2) is 6.54 Å². The average Bonchev–Trinajstić information content (AvgIpc) is 2.11. The van der Waals surface area contributed by atoms with Crippen LogP contribution in [0.3, 0.4) is 0 Å². The third-order valence-electron chi connectivity index (χ3n) is 1.69. The minimum absolute atomic E-state index is 0.00648. The van der Waals surface area contributed by atoms with Crippen molar-refractivity contribution in [1.29, 1.82) is 0 Å². The fourth-order valence-electron chi connectivity index (χ4n) is 0.985. The van der Waals surface area contributed by atoms with E-state index in [1.54, 1.807) is 6.92 Å². The number of nitrogens with one attached hydrogen (secondary N) is 1. The Balaban J connectivity index is 2.95. The topological polar surface area (TPSA) is 38.0 Å². The van der Waals surface area contributed by atoms with Crippen molar-refractivity contribution < 1.29 is 8.78 Å². The van der Waals surface area contributed by atoms with Gasteiger partial charge in [-0.1, -0.05) is 12.2 Å². The standard InChI is InChI=1S/C10H12F2N2/c1-6(2)5-14-10-8(13)4-3-7(11)9(10)12/h3-4,14H,1,5,13H2,2H3. The van der Waals surface area contributed by atoms with Crippen LogP contribution >= 0.6 is 0 Å². The van der Waals surface area contributed by atoms with Crippen molar-refractivity contribution >= 4 is 11.4 Å². The van der Waals surface area contributed by atoms with E-state index in [-0.39, 0.29) is 11.4 Å². The highest BCUT2D eigenvalue weighted by Crippen LogP contribution is 2.24. The number of hydrogen-bond donors (Lipinski definition) is 2. The Morgan fingerprint density at radius 3 is 2.71 bits per heavy atom. The van der Waals surface area contributed by atoms with Crippen molar-refractivity contribution in [2.45, 2.75) is 6.92 Å². The first-order valence-corrected chi connectivity index (χ1v) is 4.14. The van der Waals surface area contributed by atoms with Gasteiger partial charge in [-0.25, -0.2) is 8.78 Å². The molecular weight excluding hydrogens is 186 g/mol. The number of nitrogen functional groups attached to an aromatic ring is 1. The van der Waals surface area contributed by atoms with Crippen molar-refractivity contribution in [2.24, 2.45) is 0 Å². The Morgan fingerprint density at radius 1 is 1.50 bits per heavy atom. The van der Waals surface area contributed by atoms with Gasteiger partial charge >= 0.3 is 0 Å². The van der Waals surface area contributed by atoms with E-state index in [1.807, 2.05) is 0 Å². The van der Waals surface area contributed by atoms with Gasteiger partial charge in [0.25, 0.3) is 0 Å². The smallest absolute Gasteiger partial charge is 0.183 e. The maximum atomic E-state index is 13.2. The first kappa shape index (κ1) is 10.5. The number of benzene rings is 1. The lowest BCUT2D eigenvalue weighted by Gasteiger charge is -2.10. The summed E-state index contributed by atoms with van der Waals surface area (Å²) in [7, 11) is 0. The Kier molecular flexibility index (Phi) is 3.06. The number of anilines is 2. The minimum atomic E-state index is -0.953. The predicted octanol–water partition coefficient (Wildman–Crippen LogP) is 2.54. The van der Waals surface area contributed by atoms with E-state index in [1.165, 1.54) is 6.07 Å². The predicted molar refractivity (Wildman–Crippen MR) is 54.1 cm³/mol. The maximum Gasteiger partial charge on any atom is 0.183 e. The van der Waals surface area contributed by atoms with E-state index in [0.717, 1.165) is 11.6 Å². The molecule has 0 spiro atoms. The van der Waals surface area contributed by atoms with E-state index >= 15 is 0 Å². The van der Waals surface area contributed by atoms with Gasteiger partial charge in [0, 0.05) is 6.54 Å². The lowest BCUT2D eigenvalue weighted by atomic mass is 10.2. The molecule has 0 amide bonds. The molecule has 76 valence electrons. The fourth-order valence-corrected chi connectivity index (χ4v) is 0.985. The highest BCUT2D eigenvalue weighted by atomic mass is 19.2. The van der Waals surface area contributed by atoms with E-state index in [2.05, 4.69) is 11.9 Å². The Morgan fingerprint density at radius 2 is 2.14 bits per heavy atom. The Bertz CT molecular complexity index is 361. The molecule has 0 radical (unpaired) electrons. The first-order valence-electron chi connectivity index (χ1n) is 4.14. The van der Waals surface area contributed by atoms with Crippen LogP contribution in [-0.2, 0) is 0 Å². The minimum Gasteiger partial charge on any atom is -0.397 e. The molecule has 0 saturated heterocycles. The largest absolute Gasteiger partial charge is 0.397 e. The normalized spacial score (nSPS) is 9.93. The van der Waals surface area contributed by atoms with Crippen LogP contribution in [0.5, 0.6) is 0 Å². The summed E-state index contributed by atoms with van der Waals surface area (Å²) in [6, 6.07) is 2.32. The van der Waals surface area contributed by atoms with Crippen molar-refractivity contribution in [2.75, 3.05) is 17.6 Å². The van der Waals surface area contributed by atoms with Gasteiger partial charge in [-0.2, -0.15) is 0 Å². The van der Waals surface area contributed by atoms with Gasteiger partial charge in [0.2, 0.25) is 0 Å². The van der Waals surface area contributed by atoms with Gasteiger partial charge in [0.05, 0.1) is 11.4 Å². The van der Waals surface area contributed by atoms with Gasteiger partial charge in [-0.05, 0) is 19.1 Å². The van der Waals surface area contributed by atoms with Gasteiger partial charge in [0.1, 0.15) is 0 Å². The number of hydrogen-bond acceptors (Lipinski definition) is 2. The molecule has 3 N–H and O–H groups in total. The fraction of sp³-hybridized carbons (Fsp3) is 0.200. The molecule has 0 atom stereocenters. The van der Waals surface area contributed by atoms with Crippen molar-refractivity contribution in [3.05, 3.63) is 35.9 Å². The zero-order valence-electron chi connectivity index (χ0n) is 7.90. The van der Waals surface area contributed by atoms with E-state index < -0.39 is 11.6 Å². The van der Waals surface area contributed by atoms with Crippen LogP contribution in [0, 0.1) is 11.6 Å². The lowest BCUT2D eigenvalue weighted by Crippen LogP contribution is -2.07. The molecule has 0 fully saturated rings. The summed E-state index contributed by atoms with van der Waals surface area (Å²) in [5.74, 6) is -1.87. The van der Waals surface area contributed by atoms with Gasteiger partial charge in [-0.15, -0.1) is 0 Å².